The van der Waals surface area contributed by atoms with E-state index >= 15 is 0 Å². The SMILES string of the molecule is Cn1c(C2CN(C(=O)OC(C)(C)C)C2)nc2c(=O)n(-c3ccccc3)c3cc(Cl)ccc3c21. The quantitative estimate of drug-likeness (QED) is 0.424. The van der Waals surface area contributed by atoms with E-state index in [-0.39, 0.29) is 17.6 Å². The topological polar surface area (TPSA) is 69.4 Å². The lowest BCUT2D eigenvalue weighted by Gasteiger charge is -2.39. The number of pyridine rings is 1. The number of aromatic nitrogens is 3. The first-order valence-electron chi connectivity index (χ1n) is 10.9. The molecule has 0 N–H and O–H groups in total. The molecular formula is C25H25ClN4O3. The van der Waals surface area contributed by atoms with Gasteiger partial charge in [-0.25, -0.2) is 9.78 Å². The number of carbonyl (C=O) groups is 1. The van der Waals surface area contributed by atoms with Crippen LogP contribution >= 0.6 is 11.6 Å². The molecule has 4 aromatic rings. The molecule has 170 valence electrons. The minimum absolute atomic E-state index is 0.0295. The number of hydrogen-bond acceptors (Lipinski definition) is 4. The lowest BCUT2D eigenvalue weighted by atomic mass is 10.00. The van der Waals surface area contributed by atoms with Gasteiger partial charge in [-0.15, -0.1) is 0 Å². The Balaban J connectivity index is 1.62. The molecule has 0 spiro atoms. The highest BCUT2D eigenvalue weighted by Gasteiger charge is 2.37. The van der Waals surface area contributed by atoms with Gasteiger partial charge in [0.15, 0.2) is 5.52 Å². The van der Waals surface area contributed by atoms with E-state index < -0.39 is 5.60 Å². The molecule has 0 bridgehead atoms. The van der Waals surface area contributed by atoms with Crippen molar-refractivity contribution < 1.29 is 9.53 Å². The minimum atomic E-state index is -0.539. The summed E-state index contributed by atoms with van der Waals surface area (Å²) in [6.07, 6.45) is -0.330. The van der Waals surface area contributed by atoms with Gasteiger partial charge in [0.1, 0.15) is 11.4 Å². The number of imidazole rings is 1. The van der Waals surface area contributed by atoms with Crippen LogP contribution in [0.2, 0.25) is 5.02 Å². The van der Waals surface area contributed by atoms with E-state index in [0.29, 0.717) is 23.6 Å². The molecule has 8 heteroatoms. The van der Waals surface area contributed by atoms with Crippen molar-refractivity contribution in [1.29, 1.82) is 0 Å². The maximum Gasteiger partial charge on any atom is 0.410 e. The molecule has 1 aliphatic rings. The first-order chi connectivity index (χ1) is 15.6. The lowest BCUT2D eigenvalue weighted by Crippen LogP contribution is -2.50. The largest absolute Gasteiger partial charge is 0.444 e. The van der Waals surface area contributed by atoms with Gasteiger partial charge in [0.25, 0.3) is 5.56 Å². The van der Waals surface area contributed by atoms with Crippen LogP contribution in [0, 0.1) is 0 Å². The van der Waals surface area contributed by atoms with Crippen molar-refractivity contribution in [3.05, 3.63) is 69.7 Å². The summed E-state index contributed by atoms with van der Waals surface area (Å²) in [5.74, 6) is 0.811. The molecule has 2 aromatic carbocycles. The summed E-state index contributed by atoms with van der Waals surface area (Å²) in [6, 6.07) is 15.0. The number of aryl methyl sites for hydroxylation is 1. The van der Waals surface area contributed by atoms with Gasteiger partial charge in [0.2, 0.25) is 0 Å². The summed E-state index contributed by atoms with van der Waals surface area (Å²) in [6.45, 7) is 6.56. The second-order valence-corrected chi connectivity index (χ2v) is 9.88. The van der Waals surface area contributed by atoms with Gasteiger partial charge in [0, 0.05) is 36.2 Å². The van der Waals surface area contributed by atoms with E-state index in [1.165, 1.54) is 0 Å². The van der Waals surface area contributed by atoms with Crippen LogP contribution in [-0.2, 0) is 11.8 Å². The average Bonchev–Trinajstić information content (AvgIpc) is 3.04. The smallest absolute Gasteiger partial charge is 0.410 e. The molecule has 1 saturated heterocycles. The number of likely N-dealkylation sites (tertiary alicyclic amines) is 1. The molecule has 7 nitrogen and oxygen atoms in total. The normalized spacial score (nSPS) is 14.6. The highest BCUT2D eigenvalue weighted by Crippen LogP contribution is 2.33. The van der Waals surface area contributed by atoms with Crippen molar-refractivity contribution in [2.24, 2.45) is 7.05 Å². The van der Waals surface area contributed by atoms with Crippen molar-refractivity contribution in [2.75, 3.05) is 13.1 Å². The molecule has 1 fully saturated rings. The number of fused-ring (bicyclic) bond motifs is 3. The second kappa shape index (κ2) is 7.63. The molecule has 33 heavy (non-hydrogen) atoms. The predicted octanol–water partition coefficient (Wildman–Crippen LogP) is 4.87. The number of amides is 1. The molecule has 0 unspecified atom stereocenters. The number of hydrogen-bond donors (Lipinski definition) is 0. The zero-order chi connectivity index (χ0) is 23.5. The van der Waals surface area contributed by atoms with Crippen LogP contribution in [0.4, 0.5) is 4.79 Å². The van der Waals surface area contributed by atoms with Crippen LogP contribution in [-0.4, -0.2) is 43.8 Å². The highest BCUT2D eigenvalue weighted by atomic mass is 35.5. The fraction of sp³-hybridized carbons (Fsp3) is 0.320. The molecule has 0 radical (unpaired) electrons. The van der Waals surface area contributed by atoms with Crippen LogP contribution in [0.5, 0.6) is 0 Å². The Morgan fingerprint density at radius 3 is 2.48 bits per heavy atom. The van der Waals surface area contributed by atoms with Crippen molar-refractivity contribution >= 4 is 39.6 Å². The minimum Gasteiger partial charge on any atom is -0.444 e. The third-order valence-corrected chi connectivity index (χ3v) is 6.14. The third-order valence-electron chi connectivity index (χ3n) is 5.90. The third kappa shape index (κ3) is 3.66. The molecule has 2 aromatic heterocycles. The van der Waals surface area contributed by atoms with Gasteiger partial charge >= 0.3 is 6.09 Å². The molecule has 5 rings (SSSR count). The van der Waals surface area contributed by atoms with E-state index in [0.717, 1.165) is 27.9 Å². The van der Waals surface area contributed by atoms with E-state index in [1.807, 2.05) is 80.9 Å². The molecular weight excluding hydrogens is 440 g/mol. The summed E-state index contributed by atoms with van der Waals surface area (Å²) < 4.78 is 9.09. The summed E-state index contributed by atoms with van der Waals surface area (Å²) >= 11 is 6.31. The molecule has 3 heterocycles. The van der Waals surface area contributed by atoms with Crippen molar-refractivity contribution in [3.8, 4) is 5.69 Å². The molecule has 0 saturated carbocycles. The Hall–Kier alpha value is -3.32. The number of ether oxygens (including phenoxy) is 1. The Morgan fingerprint density at radius 2 is 1.82 bits per heavy atom. The summed E-state index contributed by atoms with van der Waals surface area (Å²) in [4.78, 5) is 32.4. The van der Waals surface area contributed by atoms with Crippen molar-refractivity contribution in [1.82, 2.24) is 19.0 Å². The van der Waals surface area contributed by atoms with Gasteiger partial charge in [-0.1, -0.05) is 29.8 Å². The standard InChI is InChI=1S/C25H25ClN4O3/c1-25(2,3)33-24(32)29-13-15(14-29)22-27-20-21(28(22)4)18-11-10-16(26)12-19(18)30(23(20)31)17-8-6-5-7-9-17/h5-12,15H,13-14H2,1-4H3. The van der Waals surface area contributed by atoms with E-state index in [9.17, 15) is 9.59 Å². The van der Waals surface area contributed by atoms with E-state index in [1.54, 1.807) is 9.47 Å². The number of benzene rings is 2. The number of carbonyl (C=O) groups excluding carboxylic acids is 1. The highest BCUT2D eigenvalue weighted by molar-refractivity contribution is 6.31. The molecule has 1 aliphatic heterocycles. The van der Waals surface area contributed by atoms with Gasteiger partial charge in [-0.3, -0.25) is 9.36 Å². The number of para-hydroxylation sites is 1. The predicted molar refractivity (Wildman–Crippen MR) is 129 cm³/mol. The Kier molecular flexibility index (Phi) is 4.97. The van der Waals surface area contributed by atoms with Crippen molar-refractivity contribution in [2.45, 2.75) is 32.3 Å². The zero-order valence-corrected chi connectivity index (χ0v) is 19.8. The maximum absolute atomic E-state index is 13.6. The lowest BCUT2D eigenvalue weighted by molar-refractivity contribution is 0.00734. The summed E-state index contributed by atoms with van der Waals surface area (Å²) in [7, 11) is 1.92. The fourth-order valence-corrected chi connectivity index (χ4v) is 4.56. The molecule has 0 aliphatic carbocycles. The number of rotatable bonds is 2. The monoisotopic (exact) mass is 464 g/mol. The first-order valence-corrected chi connectivity index (χ1v) is 11.3. The van der Waals surface area contributed by atoms with E-state index in [4.69, 9.17) is 21.3 Å². The average molecular weight is 465 g/mol. The molecule has 1 amide bonds. The van der Waals surface area contributed by atoms with Gasteiger partial charge in [-0.2, -0.15) is 0 Å². The van der Waals surface area contributed by atoms with Crippen LogP contribution in [0.1, 0.15) is 32.5 Å². The van der Waals surface area contributed by atoms with Crippen LogP contribution in [0.15, 0.2) is 53.3 Å². The first kappa shape index (κ1) is 21.5. The van der Waals surface area contributed by atoms with Crippen LogP contribution in [0.25, 0.3) is 27.6 Å². The Bertz CT molecular complexity index is 1440. The van der Waals surface area contributed by atoms with Gasteiger partial charge < -0.3 is 14.2 Å². The Labute approximate surface area is 196 Å². The van der Waals surface area contributed by atoms with Gasteiger partial charge in [0.05, 0.1) is 17.0 Å². The van der Waals surface area contributed by atoms with Crippen LogP contribution in [0.3, 0.4) is 0 Å². The molecule has 0 atom stereocenters. The van der Waals surface area contributed by atoms with E-state index in [2.05, 4.69) is 0 Å². The Morgan fingerprint density at radius 1 is 1.12 bits per heavy atom. The fourth-order valence-electron chi connectivity index (χ4n) is 4.39. The zero-order valence-electron chi connectivity index (χ0n) is 19.0. The number of halogens is 1. The number of nitrogens with zero attached hydrogens (tertiary/aromatic N) is 4. The second-order valence-electron chi connectivity index (χ2n) is 9.45. The van der Waals surface area contributed by atoms with Gasteiger partial charge in [-0.05, 0) is 51.1 Å². The maximum atomic E-state index is 13.6. The summed E-state index contributed by atoms with van der Waals surface area (Å²) in [5, 5.41) is 1.45. The summed E-state index contributed by atoms with van der Waals surface area (Å²) in [5.41, 5.74) is 1.92. The van der Waals surface area contributed by atoms with Crippen molar-refractivity contribution in [3.63, 3.8) is 0 Å². The van der Waals surface area contributed by atoms with Crippen LogP contribution < -0.4 is 5.56 Å².